The van der Waals surface area contributed by atoms with Gasteiger partial charge >= 0.3 is 5.97 Å². The summed E-state index contributed by atoms with van der Waals surface area (Å²) in [6.07, 6.45) is 1.65. The van der Waals surface area contributed by atoms with E-state index in [1.807, 2.05) is 24.3 Å². The van der Waals surface area contributed by atoms with Crippen molar-refractivity contribution in [1.29, 1.82) is 0 Å². The van der Waals surface area contributed by atoms with Crippen LogP contribution in [0.3, 0.4) is 0 Å². The number of rotatable bonds is 5. The van der Waals surface area contributed by atoms with E-state index < -0.39 is 5.97 Å². The van der Waals surface area contributed by atoms with E-state index in [1.165, 1.54) is 12.1 Å². The summed E-state index contributed by atoms with van der Waals surface area (Å²) < 4.78 is 5.06. The highest BCUT2D eigenvalue weighted by Gasteiger charge is 2.01. The summed E-state index contributed by atoms with van der Waals surface area (Å²) in [5.41, 5.74) is 4.54. The van der Waals surface area contributed by atoms with Gasteiger partial charge in [0, 0.05) is 0 Å². The van der Waals surface area contributed by atoms with Gasteiger partial charge in [0.05, 0.1) is 24.6 Å². The number of hydrogen-bond donors (Lipinski definition) is 2. The van der Waals surface area contributed by atoms with Gasteiger partial charge in [-0.15, -0.1) is 0 Å². The molecule has 0 radical (unpaired) electrons. The minimum atomic E-state index is -0.965. The number of carboxylic acid groups (broad SMARTS) is 1. The normalized spacial score (nSPS) is 10.4. The highest BCUT2D eigenvalue weighted by atomic mass is 16.5. The van der Waals surface area contributed by atoms with Crippen LogP contribution in [0.2, 0.25) is 0 Å². The maximum atomic E-state index is 10.8. The fourth-order valence-corrected chi connectivity index (χ4v) is 1.59. The molecule has 0 saturated carbocycles. The Kier molecular flexibility index (Phi) is 4.34. The van der Waals surface area contributed by atoms with E-state index in [2.05, 4.69) is 10.5 Å². The standard InChI is InChI=1S/C15H14N2O3/c1-20-14-7-5-11(6-8-14)10-16-17-13-4-2-3-12(9-13)15(18)19/h2-10,17H,1H3,(H,18,19). The summed E-state index contributed by atoms with van der Waals surface area (Å²) in [5.74, 6) is -0.183. The molecule has 0 aliphatic rings. The first-order chi connectivity index (χ1) is 9.69. The Bertz CT molecular complexity index is 621. The lowest BCUT2D eigenvalue weighted by Crippen LogP contribution is -1.97. The lowest BCUT2D eigenvalue weighted by atomic mass is 10.2. The van der Waals surface area contributed by atoms with Gasteiger partial charge in [-0.3, -0.25) is 5.43 Å². The third kappa shape index (κ3) is 3.58. The number of ether oxygens (including phenoxy) is 1. The topological polar surface area (TPSA) is 70.9 Å². The smallest absolute Gasteiger partial charge is 0.335 e. The first-order valence-electron chi connectivity index (χ1n) is 5.95. The van der Waals surface area contributed by atoms with Crippen LogP contribution in [0.5, 0.6) is 5.75 Å². The highest BCUT2D eigenvalue weighted by Crippen LogP contribution is 2.12. The number of hydrogen-bond acceptors (Lipinski definition) is 4. The number of carbonyl (C=O) groups is 1. The molecule has 0 unspecified atom stereocenters. The molecule has 0 aliphatic carbocycles. The van der Waals surface area contributed by atoms with E-state index in [-0.39, 0.29) is 5.56 Å². The number of nitrogens with zero attached hydrogens (tertiary/aromatic N) is 1. The number of carboxylic acids is 1. The van der Waals surface area contributed by atoms with Gasteiger partial charge in [-0.25, -0.2) is 4.79 Å². The molecule has 5 nitrogen and oxygen atoms in total. The first-order valence-corrected chi connectivity index (χ1v) is 5.95. The molecular weight excluding hydrogens is 256 g/mol. The summed E-state index contributed by atoms with van der Waals surface area (Å²) in [5, 5.41) is 12.9. The van der Waals surface area contributed by atoms with Crippen LogP contribution in [0.1, 0.15) is 15.9 Å². The van der Waals surface area contributed by atoms with Crippen LogP contribution in [-0.2, 0) is 0 Å². The molecule has 2 aromatic rings. The minimum absolute atomic E-state index is 0.217. The van der Waals surface area contributed by atoms with E-state index in [0.717, 1.165) is 11.3 Å². The molecule has 20 heavy (non-hydrogen) atoms. The third-order valence-corrected chi connectivity index (χ3v) is 2.63. The van der Waals surface area contributed by atoms with Gasteiger partial charge in [0.25, 0.3) is 0 Å². The number of aromatic carboxylic acids is 1. The molecule has 0 atom stereocenters. The van der Waals surface area contributed by atoms with Crippen molar-refractivity contribution in [2.24, 2.45) is 5.10 Å². The number of hydrazone groups is 1. The molecular formula is C15H14N2O3. The van der Waals surface area contributed by atoms with E-state index >= 15 is 0 Å². The average molecular weight is 270 g/mol. The van der Waals surface area contributed by atoms with Gasteiger partial charge < -0.3 is 9.84 Å². The quantitative estimate of drug-likeness (QED) is 0.647. The lowest BCUT2D eigenvalue weighted by molar-refractivity contribution is 0.0697. The molecule has 0 saturated heterocycles. The Hall–Kier alpha value is -2.82. The van der Waals surface area contributed by atoms with Crippen LogP contribution in [0.25, 0.3) is 0 Å². The lowest BCUT2D eigenvalue weighted by Gasteiger charge is -2.02. The van der Waals surface area contributed by atoms with Gasteiger partial charge in [0.15, 0.2) is 0 Å². The second-order valence-electron chi connectivity index (χ2n) is 4.03. The van der Waals surface area contributed by atoms with Crippen LogP contribution in [0.15, 0.2) is 53.6 Å². The van der Waals surface area contributed by atoms with Crippen molar-refractivity contribution in [2.75, 3.05) is 12.5 Å². The molecule has 0 aromatic heterocycles. The molecule has 0 heterocycles. The molecule has 0 amide bonds. The van der Waals surface area contributed by atoms with Crippen molar-refractivity contribution in [3.63, 3.8) is 0 Å². The zero-order chi connectivity index (χ0) is 14.4. The van der Waals surface area contributed by atoms with Crippen molar-refractivity contribution in [1.82, 2.24) is 0 Å². The summed E-state index contributed by atoms with van der Waals surface area (Å²) in [6, 6.07) is 13.9. The maximum absolute atomic E-state index is 10.8. The van der Waals surface area contributed by atoms with Crippen LogP contribution in [0, 0.1) is 0 Å². The number of nitrogens with one attached hydrogen (secondary N) is 1. The monoisotopic (exact) mass is 270 g/mol. The molecule has 2 aromatic carbocycles. The van der Waals surface area contributed by atoms with Crippen molar-refractivity contribution < 1.29 is 14.6 Å². The molecule has 102 valence electrons. The Labute approximate surface area is 116 Å². The van der Waals surface area contributed by atoms with E-state index in [1.54, 1.807) is 25.5 Å². The van der Waals surface area contributed by atoms with Gasteiger partial charge in [0.2, 0.25) is 0 Å². The zero-order valence-corrected chi connectivity index (χ0v) is 10.9. The highest BCUT2D eigenvalue weighted by molar-refractivity contribution is 5.88. The van der Waals surface area contributed by atoms with E-state index in [0.29, 0.717) is 5.69 Å². The van der Waals surface area contributed by atoms with Crippen molar-refractivity contribution in [3.8, 4) is 5.75 Å². The molecule has 0 aliphatic heterocycles. The predicted molar refractivity (Wildman–Crippen MR) is 77.6 cm³/mol. The fourth-order valence-electron chi connectivity index (χ4n) is 1.59. The maximum Gasteiger partial charge on any atom is 0.335 e. The van der Waals surface area contributed by atoms with Crippen molar-refractivity contribution >= 4 is 17.9 Å². The number of methoxy groups -OCH3 is 1. The molecule has 0 fully saturated rings. The molecule has 2 rings (SSSR count). The van der Waals surface area contributed by atoms with Crippen LogP contribution < -0.4 is 10.2 Å². The van der Waals surface area contributed by atoms with E-state index in [4.69, 9.17) is 9.84 Å². The van der Waals surface area contributed by atoms with Crippen LogP contribution in [0.4, 0.5) is 5.69 Å². The number of anilines is 1. The van der Waals surface area contributed by atoms with Gasteiger partial charge in [-0.05, 0) is 48.0 Å². The molecule has 5 heteroatoms. The summed E-state index contributed by atoms with van der Waals surface area (Å²) in [4.78, 5) is 10.8. The first kappa shape index (κ1) is 13.6. The molecule has 0 spiro atoms. The Balaban J connectivity index is 2.02. The van der Waals surface area contributed by atoms with Crippen LogP contribution >= 0.6 is 0 Å². The largest absolute Gasteiger partial charge is 0.497 e. The van der Waals surface area contributed by atoms with Gasteiger partial charge in [-0.2, -0.15) is 5.10 Å². The average Bonchev–Trinajstić information content (AvgIpc) is 2.48. The third-order valence-electron chi connectivity index (χ3n) is 2.63. The second kappa shape index (κ2) is 6.38. The van der Waals surface area contributed by atoms with Crippen molar-refractivity contribution in [2.45, 2.75) is 0 Å². The fraction of sp³-hybridized carbons (Fsp3) is 0.0667. The summed E-state index contributed by atoms with van der Waals surface area (Å²) in [7, 11) is 1.61. The zero-order valence-electron chi connectivity index (χ0n) is 10.9. The van der Waals surface area contributed by atoms with Gasteiger partial charge in [-0.1, -0.05) is 6.07 Å². The van der Waals surface area contributed by atoms with Crippen molar-refractivity contribution in [3.05, 3.63) is 59.7 Å². The molecule has 2 N–H and O–H groups in total. The minimum Gasteiger partial charge on any atom is -0.497 e. The van der Waals surface area contributed by atoms with E-state index in [9.17, 15) is 4.79 Å². The van der Waals surface area contributed by atoms with Crippen LogP contribution in [-0.4, -0.2) is 24.4 Å². The SMILES string of the molecule is COc1ccc(C=NNc2cccc(C(=O)O)c2)cc1. The van der Waals surface area contributed by atoms with Gasteiger partial charge in [0.1, 0.15) is 5.75 Å². The summed E-state index contributed by atoms with van der Waals surface area (Å²) in [6.45, 7) is 0. The summed E-state index contributed by atoms with van der Waals surface area (Å²) >= 11 is 0. The Morgan fingerprint density at radius 1 is 1.25 bits per heavy atom. The molecule has 0 bridgehead atoms. The second-order valence-corrected chi connectivity index (χ2v) is 4.03. The predicted octanol–water partition coefficient (Wildman–Crippen LogP) is 2.84. The Morgan fingerprint density at radius 3 is 2.65 bits per heavy atom. The number of benzene rings is 2. The Morgan fingerprint density at radius 2 is 2.00 bits per heavy atom.